The fourth-order valence-electron chi connectivity index (χ4n) is 2.50. The first-order valence-electron chi connectivity index (χ1n) is 7.22. The number of aromatic nitrogens is 2. The maximum Gasteiger partial charge on any atom is 0.231 e. The lowest BCUT2D eigenvalue weighted by atomic mass is 10.0. The van der Waals surface area contributed by atoms with E-state index < -0.39 is 0 Å². The zero-order valence-electron chi connectivity index (χ0n) is 12.4. The standard InChI is InChI=1S/C15H23N3O2/c1-4-5-12(6-7-19)8-16-14-13-10(2)11(3)20-15(13)18-9-17-14/h9,12,19H,4-8H2,1-3H3,(H,16,17,18). The number of furan rings is 1. The molecule has 0 saturated carbocycles. The molecule has 5 heteroatoms. The Morgan fingerprint density at radius 2 is 2.10 bits per heavy atom. The number of anilines is 1. The molecule has 2 N–H and O–H groups in total. The van der Waals surface area contributed by atoms with Gasteiger partial charge in [0.25, 0.3) is 0 Å². The van der Waals surface area contributed by atoms with Crippen LogP contribution in [0.4, 0.5) is 5.82 Å². The van der Waals surface area contributed by atoms with Gasteiger partial charge in [-0.3, -0.25) is 0 Å². The SMILES string of the molecule is CCCC(CCO)CNc1ncnc2oc(C)c(C)c12. The van der Waals surface area contributed by atoms with Gasteiger partial charge in [0, 0.05) is 18.7 Å². The van der Waals surface area contributed by atoms with Crippen molar-refractivity contribution in [1.29, 1.82) is 0 Å². The van der Waals surface area contributed by atoms with Crippen LogP contribution >= 0.6 is 0 Å². The van der Waals surface area contributed by atoms with E-state index >= 15 is 0 Å². The van der Waals surface area contributed by atoms with E-state index in [0.717, 1.165) is 48.3 Å². The summed E-state index contributed by atoms with van der Waals surface area (Å²) in [6, 6.07) is 0. The van der Waals surface area contributed by atoms with E-state index in [0.29, 0.717) is 11.6 Å². The van der Waals surface area contributed by atoms with Crippen LogP contribution in [0.25, 0.3) is 11.1 Å². The lowest BCUT2D eigenvalue weighted by molar-refractivity contribution is 0.255. The Bertz CT molecular complexity index is 559. The van der Waals surface area contributed by atoms with E-state index in [9.17, 15) is 0 Å². The number of fused-ring (bicyclic) bond motifs is 1. The van der Waals surface area contributed by atoms with E-state index in [1.54, 1.807) is 0 Å². The summed E-state index contributed by atoms with van der Waals surface area (Å²) in [5.74, 6) is 2.16. The molecule has 0 radical (unpaired) electrons. The van der Waals surface area contributed by atoms with Crippen molar-refractivity contribution >= 4 is 16.9 Å². The van der Waals surface area contributed by atoms with Gasteiger partial charge >= 0.3 is 0 Å². The monoisotopic (exact) mass is 277 g/mol. The topological polar surface area (TPSA) is 71.2 Å². The molecular formula is C15H23N3O2. The summed E-state index contributed by atoms with van der Waals surface area (Å²) >= 11 is 0. The predicted molar refractivity (Wildman–Crippen MR) is 79.9 cm³/mol. The molecule has 2 aromatic heterocycles. The molecule has 5 nitrogen and oxygen atoms in total. The quantitative estimate of drug-likeness (QED) is 0.814. The molecule has 2 aromatic rings. The minimum Gasteiger partial charge on any atom is -0.443 e. The first-order chi connectivity index (χ1) is 9.67. The highest BCUT2D eigenvalue weighted by Gasteiger charge is 2.14. The molecule has 110 valence electrons. The zero-order chi connectivity index (χ0) is 14.5. The van der Waals surface area contributed by atoms with Crippen LogP contribution in [0, 0.1) is 19.8 Å². The molecule has 0 spiro atoms. The lowest BCUT2D eigenvalue weighted by Crippen LogP contribution is -2.16. The molecule has 0 saturated heterocycles. The van der Waals surface area contributed by atoms with E-state index in [1.807, 2.05) is 13.8 Å². The van der Waals surface area contributed by atoms with Gasteiger partial charge in [-0.15, -0.1) is 0 Å². The Kier molecular flexibility index (Phi) is 4.95. The van der Waals surface area contributed by atoms with Crippen molar-refractivity contribution in [3.8, 4) is 0 Å². The first kappa shape index (κ1) is 14.8. The van der Waals surface area contributed by atoms with E-state index in [2.05, 4.69) is 22.2 Å². The summed E-state index contributed by atoms with van der Waals surface area (Å²) in [7, 11) is 0. The van der Waals surface area contributed by atoms with Crippen molar-refractivity contribution < 1.29 is 9.52 Å². The van der Waals surface area contributed by atoms with Crippen molar-refractivity contribution in [2.45, 2.75) is 40.0 Å². The maximum absolute atomic E-state index is 9.11. The van der Waals surface area contributed by atoms with Gasteiger partial charge in [-0.25, -0.2) is 9.97 Å². The number of nitrogens with zero attached hydrogens (tertiary/aromatic N) is 2. The van der Waals surface area contributed by atoms with Crippen LogP contribution < -0.4 is 5.32 Å². The summed E-state index contributed by atoms with van der Waals surface area (Å²) in [6.07, 6.45) is 4.56. The van der Waals surface area contributed by atoms with Gasteiger partial charge in [-0.2, -0.15) is 0 Å². The van der Waals surface area contributed by atoms with Crippen LogP contribution in [0.2, 0.25) is 0 Å². The molecule has 0 aliphatic heterocycles. The van der Waals surface area contributed by atoms with E-state index in [1.165, 1.54) is 6.33 Å². The number of nitrogens with one attached hydrogen (secondary N) is 1. The van der Waals surface area contributed by atoms with Crippen LogP contribution in [0.3, 0.4) is 0 Å². The Hall–Kier alpha value is -1.62. The Morgan fingerprint density at radius 1 is 1.30 bits per heavy atom. The van der Waals surface area contributed by atoms with Crippen molar-refractivity contribution in [2.24, 2.45) is 5.92 Å². The first-order valence-corrected chi connectivity index (χ1v) is 7.22. The molecule has 0 aliphatic carbocycles. The van der Waals surface area contributed by atoms with Gasteiger partial charge in [-0.1, -0.05) is 13.3 Å². The summed E-state index contributed by atoms with van der Waals surface area (Å²) in [5, 5.41) is 13.5. The molecule has 0 fully saturated rings. The van der Waals surface area contributed by atoms with Crippen LogP contribution in [-0.2, 0) is 0 Å². The molecule has 1 unspecified atom stereocenters. The molecular weight excluding hydrogens is 254 g/mol. The van der Waals surface area contributed by atoms with Crippen LogP contribution in [0.15, 0.2) is 10.7 Å². The summed E-state index contributed by atoms with van der Waals surface area (Å²) in [4.78, 5) is 8.49. The number of rotatable bonds is 7. The fraction of sp³-hybridized carbons (Fsp3) is 0.600. The lowest BCUT2D eigenvalue weighted by Gasteiger charge is -2.16. The minimum atomic E-state index is 0.232. The van der Waals surface area contributed by atoms with Crippen LogP contribution in [0.5, 0.6) is 0 Å². The summed E-state index contributed by atoms with van der Waals surface area (Å²) in [5.41, 5.74) is 1.71. The average Bonchev–Trinajstić information content (AvgIpc) is 2.73. The second kappa shape index (κ2) is 6.70. The maximum atomic E-state index is 9.11. The third-order valence-electron chi connectivity index (χ3n) is 3.76. The van der Waals surface area contributed by atoms with Crippen LogP contribution in [0.1, 0.15) is 37.5 Å². The number of aryl methyl sites for hydroxylation is 2. The Morgan fingerprint density at radius 3 is 2.80 bits per heavy atom. The van der Waals surface area contributed by atoms with Crippen molar-refractivity contribution in [3.63, 3.8) is 0 Å². The summed E-state index contributed by atoms with van der Waals surface area (Å²) in [6.45, 7) is 7.16. The molecule has 0 bridgehead atoms. The van der Waals surface area contributed by atoms with Gasteiger partial charge in [0.05, 0.1) is 5.39 Å². The van der Waals surface area contributed by atoms with Crippen molar-refractivity contribution in [2.75, 3.05) is 18.5 Å². The largest absolute Gasteiger partial charge is 0.443 e. The zero-order valence-corrected chi connectivity index (χ0v) is 12.4. The highest BCUT2D eigenvalue weighted by Crippen LogP contribution is 2.28. The van der Waals surface area contributed by atoms with Gasteiger partial charge < -0.3 is 14.8 Å². The third kappa shape index (κ3) is 3.10. The van der Waals surface area contributed by atoms with Crippen LogP contribution in [-0.4, -0.2) is 28.2 Å². The number of hydrogen-bond donors (Lipinski definition) is 2. The van der Waals surface area contributed by atoms with Gasteiger partial charge in [0.15, 0.2) is 0 Å². The van der Waals surface area contributed by atoms with Gasteiger partial charge in [-0.05, 0) is 32.6 Å². The fourth-order valence-corrected chi connectivity index (χ4v) is 2.50. The second-order valence-electron chi connectivity index (χ2n) is 5.23. The Balaban J connectivity index is 2.16. The number of aliphatic hydroxyl groups excluding tert-OH is 1. The Labute approximate surface area is 119 Å². The van der Waals surface area contributed by atoms with E-state index in [4.69, 9.17) is 9.52 Å². The molecule has 0 amide bonds. The normalized spacial score (nSPS) is 12.8. The average molecular weight is 277 g/mol. The highest BCUT2D eigenvalue weighted by atomic mass is 16.3. The molecule has 1 atom stereocenters. The summed E-state index contributed by atoms with van der Waals surface area (Å²) < 4.78 is 5.61. The number of hydrogen-bond acceptors (Lipinski definition) is 5. The molecule has 2 rings (SSSR count). The van der Waals surface area contributed by atoms with Crippen molar-refractivity contribution in [1.82, 2.24) is 9.97 Å². The van der Waals surface area contributed by atoms with Gasteiger partial charge in [0.2, 0.25) is 5.71 Å². The second-order valence-corrected chi connectivity index (χ2v) is 5.23. The third-order valence-corrected chi connectivity index (χ3v) is 3.76. The van der Waals surface area contributed by atoms with Gasteiger partial charge in [0.1, 0.15) is 17.9 Å². The predicted octanol–water partition coefficient (Wildman–Crippen LogP) is 3.05. The molecule has 0 aliphatic rings. The molecule has 20 heavy (non-hydrogen) atoms. The molecule has 0 aromatic carbocycles. The molecule has 2 heterocycles. The number of aliphatic hydroxyl groups is 1. The highest BCUT2D eigenvalue weighted by molar-refractivity contribution is 5.89. The smallest absolute Gasteiger partial charge is 0.231 e. The van der Waals surface area contributed by atoms with E-state index in [-0.39, 0.29) is 6.61 Å². The minimum absolute atomic E-state index is 0.232. The van der Waals surface area contributed by atoms with Crippen molar-refractivity contribution in [3.05, 3.63) is 17.7 Å².